The number of hydrogen-bond donors (Lipinski definition) is 2. The minimum atomic E-state index is -0.442. The topological polar surface area (TPSA) is 94.6 Å². The van der Waals surface area contributed by atoms with Crippen molar-refractivity contribution >= 4 is 17.4 Å². The van der Waals surface area contributed by atoms with Crippen LogP contribution in [0.25, 0.3) is 5.57 Å². The van der Waals surface area contributed by atoms with Gasteiger partial charge in [0.05, 0.1) is 6.26 Å². The Hall–Kier alpha value is -2.82. The Kier molecular flexibility index (Phi) is 3.31. The summed E-state index contributed by atoms with van der Waals surface area (Å²) in [7, 11) is 0. The number of hydrogen-bond acceptors (Lipinski definition) is 2. The molecule has 0 unspecified atom stereocenters. The molecule has 1 aliphatic carbocycles. The largest absolute Gasteiger partial charge is 0.464 e. The first kappa shape index (κ1) is 13.2. The number of benzene rings is 1. The van der Waals surface area contributed by atoms with Crippen molar-refractivity contribution in [2.45, 2.75) is 12.8 Å². The number of furan rings is 1. The van der Waals surface area contributed by atoms with Crippen molar-refractivity contribution in [3.63, 3.8) is 0 Å². The van der Waals surface area contributed by atoms with Gasteiger partial charge < -0.3 is 15.9 Å². The van der Waals surface area contributed by atoms with Gasteiger partial charge in [0, 0.05) is 11.1 Å². The first-order valence-corrected chi connectivity index (χ1v) is 6.66. The lowest BCUT2D eigenvalue weighted by Crippen LogP contribution is -2.24. The lowest BCUT2D eigenvalue weighted by Gasteiger charge is -2.17. The highest BCUT2D eigenvalue weighted by Gasteiger charge is 2.18. The molecule has 0 bridgehead atoms. The van der Waals surface area contributed by atoms with Crippen LogP contribution in [0.15, 0.2) is 52.1 Å². The molecule has 1 aliphatic rings. The molecule has 0 fully saturated rings. The lowest BCUT2D eigenvalue weighted by atomic mass is 9.88. The minimum absolute atomic E-state index is 0.237. The number of nitrogens with two attached hydrogens (primary N) is 2. The van der Waals surface area contributed by atoms with E-state index in [4.69, 9.17) is 15.9 Å². The van der Waals surface area contributed by atoms with Crippen molar-refractivity contribution in [2.75, 3.05) is 0 Å². The number of carbonyl (C=O) groups excluding carboxylic acids is 1. The second-order valence-corrected chi connectivity index (χ2v) is 4.85. The van der Waals surface area contributed by atoms with Gasteiger partial charge in [-0.1, -0.05) is 12.1 Å². The first-order valence-electron chi connectivity index (χ1n) is 6.66. The molecule has 1 heterocycles. The zero-order valence-corrected chi connectivity index (χ0v) is 11.4. The molecule has 0 radical (unpaired) electrons. The number of allylic oxidation sites excluding steroid dienone is 1. The van der Waals surface area contributed by atoms with E-state index in [0.29, 0.717) is 5.56 Å². The van der Waals surface area contributed by atoms with Gasteiger partial charge in [-0.3, -0.25) is 4.79 Å². The Bertz CT molecular complexity index is 739. The van der Waals surface area contributed by atoms with Crippen LogP contribution in [0.2, 0.25) is 0 Å². The molecule has 0 saturated heterocycles. The van der Waals surface area contributed by atoms with Gasteiger partial charge in [-0.2, -0.15) is 4.99 Å². The summed E-state index contributed by atoms with van der Waals surface area (Å²) in [5, 5.41) is 0. The Morgan fingerprint density at radius 1 is 1.24 bits per heavy atom. The van der Waals surface area contributed by atoms with Crippen LogP contribution in [0.4, 0.5) is 0 Å². The number of guanidine groups is 1. The van der Waals surface area contributed by atoms with Gasteiger partial charge in [0.1, 0.15) is 5.76 Å². The summed E-state index contributed by atoms with van der Waals surface area (Å²) < 4.78 is 5.47. The molecule has 4 N–H and O–H groups in total. The van der Waals surface area contributed by atoms with Crippen LogP contribution in [0.1, 0.15) is 33.7 Å². The highest BCUT2D eigenvalue weighted by Crippen LogP contribution is 2.32. The zero-order chi connectivity index (χ0) is 14.8. The second-order valence-electron chi connectivity index (χ2n) is 4.85. The molecule has 21 heavy (non-hydrogen) atoms. The third kappa shape index (κ3) is 2.58. The van der Waals surface area contributed by atoms with E-state index >= 15 is 0 Å². The van der Waals surface area contributed by atoms with E-state index in [1.807, 2.05) is 24.3 Å². The Morgan fingerprint density at radius 2 is 2.10 bits per heavy atom. The summed E-state index contributed by atoms with van der Waals surface area (Å²) in [5.74, 6) is 0.115. The van der Waals surface area contributed by atoms with Crippen LogP contribution in [0.5, 0.6) is 0 Å². The van der Waals surface area contributed by atoms with Crippen molar-refractivity contribution in [2.24, 2.45) is 16.5 Å². The van der Waals surface area contributed by atoms with E-state index in [2.05, 4.69) is 11.1 Å². The van der Waals surface area contributed by atoms with Crippen molar-refractivity contribution in [1.29, 1.82) is 0 Å². The van der Waals surface area contributed by atoms with E-state index in [9.17, 15) is 4.79 Å². The number of nitrogens with zero attached hydrogens (tertiary/aromatic N) is 1. The molecule has 0 atom stereocenters. The van der Waals surface area contributed by atoms with Gasteiger partial charge in [-0.15, -0.1) is 0 Å². The SMILES string of the molecule is NC(N)=NC(=O)c1ccc2c(c1)C(c1ccco1)=CCC2. The van der Waals surface area contributed by atoms with Crippen LogP contribution in [-0.4, -0.2) is 11.9 Å². The maximum atomic E-state index is 11.9. The molecule has 5 nitrogen and oxygen atoms in total. The van der Waals surface area contributed by atoms with Crippen LogP contribution >= 0.6 is 0 Å². The summed E-state index contributed by atoms with van der Waals surface area (Å²) >= 11 is 0. The smallest absolute Gasteiger partial charge is 0.280 e. The fourth-order valence-electron chi connectivity index (χ4n) is 2.51. The molecular weight excluding hydrogens is 266 g/mol. The maximum Gasteiger partial charge on any atom is 0.280 e. The number of rotatable bonds is 2. The summed E-state index contributed by atoms with van der Waals surface area (Å²) in [5.41, 5.74) is 14.1. The van der Waals surface area contributed by atoms with Gasteiger partial charge in [0.2, 0.25) is 0 Å². The summed E-state index contributed by atoms with van der Waals surface area (Å²) in [6, 6.07) is 9.27. The van der Waals surface area contributed by atoms with Crippen molar-refractivity contribution < 1.29 is 9.21 Å². The number of aliphatic imine (C=N–C) groups is 1. The van der Waals surface area contributed by atoms with E-state index in [1.54, 1.807) is 12.3 Å². The summed E-state index contributed by atoms with van der Waals surface area (Å²) in [6.07, 6.45) is 5.65. The van der Waals surface area contributed by atoms with E-state index in [-0.39, 0.29) is 5.96 Å². The van der Waals surface area contributed by atoms with Gasteiger partial charge >= 0.3 is 0 Å². The number of aryl methyl sites for hydroxylation is 1. The molecule has 0 spiro atoms. The van der Waals surface area contributed by atoms with Crippen LogP contribution in [-0.2, 0) is 6.42 Å². The Morgan fingerprint density at radius 3 is 2.81 bits per heavy atom. The Labute approximate surface area is 122 Å². The van der Waals surface area contributed by atoms with Crippen LogP contribution < -0.4 is 11.5 Å². The summed E-state index contributed by atoms with van der Waals surface area (Å²) in [4.78, 5) is 15.5. The molecular formula is C16H15N3O2. The van der Waals surface area contributed by atoms with E-state index in [0.717, 1.165) is 29.7 Å². The molecule has 106 valence electrons. The fourth-order valence-corrected chi connectivity index (χ4v) is 2.51. The fraction of sp³-hybridized carbons (Fsp3) is 0.125. The monoisotopic (exact) mass is 281 g/mol. The molecule has 5 heteroatoms. The minimum Gasteiger partial charge on any atom is -0.464 e. The first-order chi connectivity index (χ1) is 10.1. The van der Waals surface area contributed by atoms with E-state index in [1.165, 1.54) is 5.56 Å². The van der Waals surface area contributed by atoms with Crippen molar-refractivity contribution in [3.05, 3.63) is 65.1 Å². The van der Waals surface area contributed by atoms with Gasteiger partial charge in [0.15, 0.2) is 5.96 Å². The molecule has 1 aromatic carbocycles. The van der Waals surface area contributed by atoms with Gasteiger partial charge in [0.25, 0.3) is 5.91 Å². The highest BCUT2D eigenvalue weighted by atomic mass is 16.3. The quantitative estimate of drug-likeness (QED) is 0.650. The lowest BCUT2D eigenvalue weighted by molar-refractivity contribution is 0.100. The molecule has 1 amide bonds. The van der Waals surface area contributed by atoms with Crippen LogP contribution in [0.3, 0.4) is 0 Å². The van der Waals surface area contributed by atoms with Crippen molar-refractivity contribution in [1.82, 2.24) is 0 Å². The number of carbonyl (C=O) groups is 1. The normalized spacial score (nSPS) is 13.2. The predicted octanol–water partition coefficient (Wildman–Crippen LogP) is 2.07. The van der Waals surface area contributed by atoms with Gasteiger partial charge in [-0.25, -0.2) is 0 Å². The number of amides is 1. The average Bonchev–Trinajstić information content (AvgIpc) is 2.99. The highest BCUT2D eigenvalue weighted by molar-refractivity contribution is 6.02. The zero-order valence-electron chi connectivity index (χ0n) is 11.4. The maximum absolute atomic E-state index is 11.9. The summed E-state index contributed by atoms with van der Waals surface area (Å²) in [6.45, 7) is 0. The molecule has 2 aromatic rings. The second kappa shape index (κ2) is 5.28. The van der Waals surface area contributed by atoms with Gasteiger partial charge in [-0.05, 0) is 48.2 Å². The average molecular weight is 281 g/mol. The molecule has 1 aromatic heterocycles. The standard InChI is InChI=1S/C16H15N3O2/c17-16(18)19-15(20)11-7-6-10-3-1-4-12(13(10)9-11)14-5-2-8-21-14/h2,4-9H,1,3H2,(H4,17,18,19,20). The third-order valence-electron chi connectivity index (χ3n) is 3.43. The van der Waals surface area contributed by atoms with Crippen LogP contribution in [0, 0.1) is 0 Å². The molecule has 0 saturated carbocycles. The van der Waals surface area contributed by atoms with E-state index < -0.39 is 5.91 Å². The number of fused-ring (bicyclic) bond motifs is 1. The third-order valence-corrected chi connectivity index (χ3v) is 3.43. The molecule has 0 aliphatic heterocycles. The predicted molar refractivity (Wildman–Crippen MR) is 80.7 cm³/mol. The Balaban J connectivity index is 2.05. The van der Waals surface area contributed by atoms with Crippen molar-refractivity contribution in [3.8, 4) is 0 Å². The molecule has 3 rings (SSSR count).